The molecule has 10 saturated carbocycles. The molecule has 0 nitrogen and oxygen atoms in total. The number of benzene rings is 4. The lowest BCUT2D eigenvalue weighted by Gasteiger charge is -2.40. The molecule has 11 aliphatic carbocycles. The molecule has 0 radical (unpaired) electrons. The largest absolute Gasteiger partial charge is 0.0527 e. The van der Waals surface area contributed by atoms with E-state index in [-0.39, 0.29) is 0 Å². The van der Waals surface area contributed by atoms with E-state index >= 15 is 0 Å². The predicted octanol–water partition coefficient (Wildman–Crippen LogP) is 22.1. The minimum atomic E-state index is 0.741. The van der Waals surface area contributed by atoms with Crippen molar-refractivity contribution >= 4 is 21.5 Å². The van der Waals surface area contributed by atoms with Crippen LogP contribution in [0.2, 0.25) is 0 Å². The Morgan fingerprint density at radius 1 is 0.167 bits per heavy atom. The summed E-state index contributed by atoms with van der Waals surface area (Å²) in [5, 5.41) is 7.29. The minimum absolute atomic E-state index is 0.741. The Balaban J connectivity index is 1.06. The van der Waals surface area contributed by atoms with Gasteiger partial charge in [-0.1, -0.05) is 128 Å². The third kappa shape index (κ3) is 7.78. The fourth-order valence-electron chi connectivity index (χ4n) is 21.5. The zero-order valence-corrected chi connectivity index (χ0v) is 45.6. The van der Waals surface area contributed by atoms with Crippen LogP contribution in [0.1, 0.15) is 394 Å². The molecule has 0 bridgehead atoms. The summed E-state index contributed by atoms with van der Waals surface area (Å²) in [6.45, 7) is 0. The van der Waals surface area contributed by atoms with E-state index in [2.05, 4.69) is 23.3 Å². The molecule has 4 aromatic carbocycles. The summed E-state index contributed by atoms with van der Waals surface area (Å²) < 4.78 is 0. The summed E-state index contributed by atoms with van der Waals surface area (Å²) >= 11 is 0. The summed E-state index contributed by atoms with van der Waals surface area (Å²) in [4.78, 5) is 0. The van der Waals surface area contributed by atoms with E-state index in [1.165, 1.54) is 270 Å². The number of rotatable bonds is 10. The van der Waals surface area contributed by atoms with Gasteiger partial charge in [0.1, 0.15) is 0 Å². The first kappa shape index (κ1) is 46.7. The highest BCUT2D eigenvalue weighted by Gasteiger charge is 2.44. The second-order valence-corrected chi connectivity index (χ2v) is 28.2. The molecule has 0 unspecified atom stereocenters. The van der Waals surface area contributed by atoms with Crippen molar-refractivity contribution in [2.75, 3.05) is 0 Å². The molecule has 4 aromatic rings. The highest BCUT2D eigenvalue weighted by molar-refractivity contribution is 6.06. The lowest BCUT2D eigenvalue weighted by molar-refractivity contribution is 0.598. The van der Waals surface area contributed by atoms with Gasteiger partial charge >= 0.3 is 0 Å². The zero-order chi connectivity index (χ0) is 47.3. The van der Waals surface area contributed by atoms with Crippen LogP contribution in [-0.2, 0) is 12.8 Å². The fourth-order valence-corrected chi connectivity index (χ4v) is 21.5. The monoisotopic (exact) mass is 961 g/mol. The van der Waals surface area contributed by atoms with Crippen molar-refractivity contribution in [3.8, 4) is 0 Å². The van der Waals surface area contributed by atoms with Crippen LogP contribution in [0.25, 0.3) is 21.5 Å². The van der Waals surface area contributed by atoms with Crippen molar-refractivity contribution < 1.29 is 0 Å². The number of fused-ring (bicyclic) bond motifs is 4. The van der Waals surface area contributed by atoms with E-state index in [9.17, 15) is 0 Å². The van der Waals surface area contributed by atoms with E-state index in [0.29, 0.717) is 0 Å². The van der Waals surface area contributed by atoms with Gasteiger partial charge in [-0.25, -0.2) is 0 Å². The van der Waals surface area contributed by atoms with Gasteiger partial charge in [0.05, 0.1) is 0 Å². The highest BCUT2D eigenvalue weighted by atomic mass is 14.5. The molecule has 0 N–H and O–H groups in total. The molecular formula is C72H96. The quantitative estimate of drug-likeness (QED) is 0.122. The van der Waals surface area contributed by atoms with Crippen molar-refractivity contribution in [1.29, 1.82) is 0 Å². The highest BCUT2D eigenvalue weighted by Crippen LogP contribution is 2.61. The van der Waals surface area contributed by atoms with Gasteiger partial charge in [0.2, 0.25) is 0 Å². The lowest BCUT2D eigenvalue weighted by Crippen LogP contribution is -2.25. The fraction of sp³-hybridized carbons (Fsp3) is 0.722. The van der Waals surface area contributed by atoms with Crippen molar-refractivity contribution in [3.05, 3.63) is 90.0 Å². The molecule has 0 aromatic heterocycles. The second-order valence-electron chi connectivity index (χ2n) is 28.2. The molecule has 0 heteroatoms. The maximum Gasteiger partial charge on any atom is -0.00139 e. The van der Waals surface area contributed by atoms with Crippen molar-refractivity contribution in [2.45, 2.75) is 329 Å². The van der Waals surface area contributed by atoms with Gasteiger partial charge in [-0.15, -0.1) is 0 Å². The van der Waals surface area contributed by atoms with E-state index in [1.54, 1.807) is 0 Å². The van der Waals surface area contributed by atoms with Crippen LogP contribution in [0.4, 0.5) is 0 Å². The summed E-state index contributed by atoms with van der Waals surface area (Å²) in [5.74, 6) is 7.95. The molecule has 0 atom stereocenters. The molecule has 0 saturated heterocycles. The third-order valence-corrected chi connectivity index (χ3v) is 24.4. The van der Waals surface area contributed by atoms with Gasteiger partial charge in [0.15, 0.2) is 0 Å². The molecule has 11 aliphatic rings. The Bertz CT molecular complexity index is 2460. The van der Waals surface area contributed by atoms with E-state index in [4.69, 9.17) is 0 Å². The summed E-state index contributed by atoms with van der Waals surface area (Å²) in [6, 6.07) is 6.20. The average Bonchev–Trinajstić information content (AvgIpc) is 4.26. The van der Waals surface area contributed by atoms with Gasteiger partial charge in [-0.05, 0) is 312 Å². The number of hydrogen-bond acceptors (Lipinski definition) is 0. The lowest BCUT2D eigenvalue weighted by atomic mass is 9.64. The zero-order valence-electron chi connectivity index (χ0n) is 45.6. The molecular weight excluding hydrogens is 865 g/mol. The topological polar surface area (TPSA) is 0 Å². The Kier molecular flexibility index (Phi) is 12.8. The van der Waals surface area contributed by atoms with E-state index in [1.807, 2.05) is 88.3 Å². The normalized spacial score (nSPS) is 26.2. The first-order valence-corrected chi connectivity index (χ1v) is 33.1. The van der Waals surface area contributed by atoms with E-state index < -0.39 is 0 Å². The molecule has 0 spiro atoms. The van der Waals surface area contributed by atoms with Crippen LogP contribution in [0, 0.1) is 0 Å². The van der Waals surface area contributed by atoms with Crippen molar-refractivity contribution in [3.63, 3.8) is 0 Å². The van der Waals surface area contributed by atoms with Crippen molar-refractivity contribution in [2.24, 2.45) is 0 Å². The molecule has 0 amide bonds. The Morgan fingerprint density at radius 2 is 0.319 bits per heavy atom. The Morgan fingerprint density at radius 3 is 0.556 bits per heavy atom. The molecule has 15 rings (SSSR count). The van der Waals surface area contributed by atoms with Crippen LogP contribution < -0.4 is 0 Å². The van der Waals surface area contributed by atoms with Gasteiger partial charge in [-0.2, -0.15) is 0 Å². The maximum absolute atomic E-state index is 3.10. The Hall–Kier alpha value is -2.60. The van der Waals surface area contributed by atoms with Crippen LogP contribution in [0.3, 0.4) is 0 Å². The van der Waals surface area contributed by atoms with Gasteiger partial charge < -0.3 is 0 Å². The molecule has 72 heavy (non-hydrogen) atoms. The van der Waals surface area contributed by atoms with Crippen LogP contribution in [0.5, 0.6) is 0 Å². The third-order valence-electron chi connectivity index (χ3n) is 24.4. The smallest absolute Gasteiger partial charge is 0.00139 e. The summed E-state index contributed by atoms with van der Waals surface area (Å²) in [5.41, 5.74) is 27.9. The first-order chi connectivity index (χ1) is 35.8. The van der Waals surface area contributed by atoms with Gasteiger partial charge in [-0.3, -0.25) is 0 Å². The van der Waals surface area contributed by atoms with Crippen molar-refractivity contribution in [1.82, 2.24) is 0 Å². The first-order valence-electron chi connectivity index (χ1n) is 33.1. The maximum atomic E-state index is 3.10. The molecule has 10 fully saturated rings. The molecule has 0 heterocycles. The van der Waals surface area contributed by atoms with Crippen LogP contribution in [0.15, 0.2) is 12.1 Å². The average molecular weight is 962 g/mol. The van der Waals surface area contributed by atoms with Crippen LogP contribution in [-0.4, -0.2) is 0 Å². The summed E-state index contributed by atoms with van der Waals surface area (Å²) in [6.07, 6.45) is 61.0. The van der Waals surface area contributed by atoms with Crippen LogP contribution >= 0.6 is 0 Å². The molecule has 384 valence electrons. The van der Waals surface area contributed by atoms with E-state index in [0.717, 1.165) is 59.2 Å². The standard InChI is InChI=1S/C72H96/c1-2-22-45(21-1)63-55-41-59-61(67(49-29-9-10-30-49)71(53-37-17-18-38-53)69(51-33-13-14-34-51)65(59)47-25-5-6-26-47)43-57(55)64(46-23-3-4-24-46)58-44-62-60(42-56(58)63)66(48-27-7-8-28-48)70(52-35-15-16-36-52)72(54-39-19-20-40-54)68(62)50-31-11-12-32-50/h41,43,45-54H,1-40,42,44H2. The SMILES string of the molecule is c1c2c(C3CCCC3)c3c(c(C4CCCC4)c2cc2c(C4CCCC4)c(C4CCCC4)c(C4CCCC4)c(C4CCCC4)c12)Cc1c(c(C2CCCC2)c(C2CCCC2)c(C2CCCC2)c1C1CCCC1)C3. The molecule has 0 aliphatic heterocycles. The van der Waals surface area contributed by atoms with Gasteiger partial charge in [0.25, 0.3) is 0 Å². The number of hydrogen-bond donors (Lipinski definition) is 0. The summed E-state index contributed by atoms with van der Waals surface area (Å²) in [7, 11) is 0. The predicted molar refractivity (Wildman–Crippen MR) is 306 cm³/mol. The Labute approximate surface area is 438 Å². The second kappa shape index (κ2) is 19.8. The minimum Gasteiger partial charge on any atom is -0.0527 e. The van der Waals surface area contributed by atoms with Gasteiger partial charge in [0, 0.05) is 0 Å².